The van der Waals surface area contributed by atoms with E-state index in [0.29, 0.717) is 29.5 Å². The van der Waals surface area contributed by atoms with Gasteiger partial charge in [0.1, 0.15) is 0 Å². The summed E-state index contributed by atoms with van der Waals surface area (Å²) in [5.74, 6) is -0.309. The minimum Gasteiger partial charge on any atom is -0.308 e. The fourth-order valence-electron chi connectivity index (χ4n) is 2.51. The molecule has 2 aliphatic rings. The van der Waals surface area contributed by atoms with Crippen LogP contribution in [0.5, 0.6) is 0 Å². The van der Waals surface area contributed by atoms with Gasteiger partial charge in [-0.3, -0.25) is 9.59 Å². The Morgan fingerprint density at radius 1 is 1.29 bits per heavy atom. The van der Waals surface area contributed by atoms with Crippen LogP contribution < -0.4 is 4.90 Å². The van der Waals surface area contributed by atoms with Gasteiger partial charge < -0.3 is 4.90 Å². The van der Waals surface area contributed by atoms with E-state index >= 15 is 0 Å². The molecular formula is C14H13N5O2. The summed E-state index contributed by atoms with van der Waals surface area (Å²) in [6.07, 6.45) is 2.72. The number of ketones is 1. The summed E-state index contributed by atoms with van der Waals surface area (Å²) < 4.78 is 0. The van der Waals surface area contributed by atoms with Gasteiger partial charge in [0, 0.05) is 13.5 Å². The maximum atomic E-state index is 11.9. The zero-order valence-corrected chi connectivity index (χ0v) is 11.5. The Balaban J connectivity index is 1.61. The lowest BCUT2D eigenvalue weighted by Gasteiger charge is -2.08. The minimum atomic E-state index is -0.486. The summed E-state index contributed by atoms with van der Waals surface area (Å²) in [7, 11) is 1.61. The number of likely N-dealkylation sites (N-methyl/N-ethyl adjacent to an activating group) is 1. The van der Waals surface area contributed by atoms with Gasteiger partial charge in [-0.05, 0) is 35.8 Å². The maximum absolute atomic E-state index is 11.9. The fourth-order valence-corrected chi connectivity index (χ4v) is 2.51. The number of carbonyl (C=O) groups excluding carboxylic acids is 2. The van der Waals surface area contributed by atoms with Crippen LogP contribution in [0.1, 0.15) is 40.6 Å². The summed E-state index contributed by atoms with van der Waals surface area (Å²) in [5, 5.41) is 12.4. The second-order valence-corrected chi connectivity index (χ2v) is 5.48. The van der Waals surface area contributed by atoms with Crippen LogP contribution in [0.2, 0.25) is 0 Å². The van der Waals surface area contributed by atoms with E-state index in [1.165, 1.54) is 4.90 Å². The van der Waals surface area contributed by atoms with Crippen LogP contribution in [0, 0.1) is 0 Å². The highest BCUT2D eigenvalue weighted by atomic mass is 16.2. The zero-order chi connectivity index (χ0) is 14.6. The Labute approximate surface area is 120 Å². The molecule has 1 amide bonds. The predicted octanol–water partition coefficient (Wildman–Crippen LogP) is 0.758. The SMILES string of the molecule is CN1C(=O)C(=O)c2cc(Cc3nnn(C4CC4)n3)ccc21. The molecule has 2 heterocycles. The first-order chi connectivity index (χ1) is 10.1. The lowest BCUT2D eigenvalue weighted by Crippen LogP contribution is -2.24. The molecule has 0 N–H and O–H groups in total. The highest BCUT2D eigenvalue weighted by Gasteiger charge is 2.33. The molecule has 7 nitrogen and oxygen atoms in total. The van der Waals surface area contributed by atoms with E-state index < -0.39 is 11.7 Å². The van der Waals surface area contributed by atoms with Crippen molar-refractivity contribution in [3.05, 3.63) is 35.2 Å². The van der Waals surface area contributed by atoms with Crippen LogP contribution in [-0.2, 0) is 11.2 Å². The van der Waals surface area contributed by atoms with E-state index in [2.05, 4.69) is 15.4 Å². The molecule has 0 radical (unpaired) electrons. The monoisotopic (exact) mass is 283 g/mol. The highest BCUT2D eigenvalue weighted by molar-refractivity contribution is 6.52. The Bertz CT molecular complexity index is 762. The van der Waals surface area contributed by atoms with E-state index in [0.717, 1.165) is 18.4 Å². The summed E-state index contributed by atoms with van der Waals surface area (Å²) in [5.41, 5.74) is 2.01. The second kappa shape index (κ2) is 4.21. The lowest BCUT2D eigenvalue weighted by atomic mass is 10.1. The molecule has 1 fully saturated rings. The Kier molecular flexibility index (Phi) is 2.44. The largest absolute Gasteiger partial charge is 0.308 e. The molecule has 1 aliphatic carbocycles. The molecule has 0 atom stereocenters. The van der Waals surface area contributed by atoms with Crippen molar-refractivity contribution < 1.29 is 9.59 Å². The zero-order valence-electron chi connectivity index (χ0n) is 11.5. The molecule has 7 heteroatoms. The summed E-state index contributed by atoms with van der Waals surface area (Å²) in [6.45, 7) is 0. The molecule has 4 rings (SSSR count). The van der Waals surface area contributed by atoms with Crippen molar-refractivity contribution in [3.63, 3.8) is 0 Å². The van der Waals surface area contributed by atoms with Gasteiger partial charge in [-0.15, -0.1) is 10.2 Å². The average Bonchev–Trinajstić information content (AvgIpc) is 3.21. The van der Waals surface area contributed by atoms with Gasteiger partial charge in [0.25, 0.3) is 11.7 Å². The normalized spacial score (nSPS) is 17.5. The summed E-state index contributed by atoms with van der Waals surface area (Å²) >= 11 is 0. The molecule has 1 aliphatic heterocycles. The van der Waals surface area contributed by atoms with E-state index in [1.807, 2.05) is 6.07 Å². The predicted molar refractivity (Wildman–Crippen MR) is 73.1 cm³/mol. The number of nitrogens with zero attached hydrogens (tertiary/aromatic N) is 5. The van der Waals surface area contributed by atoms with Crippen molar-refractivity contribution in [2.75, 3.05) is 11.9 Å². The van der Waals surface area contributed by atoms with Crippen molar-refractivity contribution in [1.82, 2.24) is 20.2 Å². The molecule has 0 saturated heterocycles. The Morgan fingerprint density at radius 3 is 2.86 bits per heavy atom. The third-order valence-electron chi connectivity index (χ3n) is 3.87. The number of hydrogen-bond donors (Lipinski definition) is 0. The summed E-state index contributed by atoms with van der Waals surface area (Å²) in [6, 6.07) is 5.83. The topological polar surface area (TPSA) is 81.0 Å². The lowest BCUT2D eigenvalue weighted by molar-refractivity contribution is -0.114. The highest BCUT2D eigenvalue weighted by Crippen LogP contribution is 2.33. The third kappa shape index (κ3) is 1.93. The van der Waals surface area contributed by atoms with Crippen molar-refractivity contribution in [1.29, 1.82) is 0 Å². The molecule has 1 aromatic heterocycles. The van der Waals surface area contributed by atoms with Crippen LogP contribution in [0.15, 0.2) is 18.2 Å². The van der Waals surface area contributed by atoms with Gasteiger partial charge in [0.05, 0.1) is 17.3 Å². The second-order valence-electron chi connectivity index (χ2n) is 5.48. The van der Waals surface area contributed by atoms with Gasteiger partial charge >= 0.3 is 0 Å². The van der Waals surface area contributed by atoms with Gasteiger partial charge in [-0.1, -0.05) is 6.07 Å². The quantitative estimate of drug-likeness (QED) is 0.777. The Hall–Kier alpha value is -2.57. The molecule has 106 valence electrons. The molecular weight excluding hydrogens is 270 g/mol. The van der Waals surface area contributed by atoms with Gasteiger partial charge in [-0.25, -0.2) is 0 Å². The molecule has 0 spiro atoms. The number of hydrogen-bond acceptors (Lipinski definition) is 5. The number of anilines is 1. The molecule has 21 heavy (non-hydrogen) atoms. The van der Waals surface area contributed by atoms with Gasteiger partial charge in [0.2, 0.25) is 0 Å². The molecule has 0 bridgehead atoms. The number of rotatable bonds is 3. The molecule has 1 aromatic carbocycles. The van der Waals surface area contributed by atoms with Crippen LogP contribution in [0.3, 0.4) is 0 Å². The first kappa shape index (κ1) is 12.2. The van der Waals surface area contributed by atoms with Crippen LogP contribution in [0.4, 0.5) is 5.69 Å². The van der Waals surface area contributed by atoms with Crippen LogP contribution in [-0.4, -0.2) is 38.9 Å². The minimum absolute atomic E-state index is 0.402. The van der Waals surface area contributed by atoms with Crippen molar-refractivity contribution in [2.45, 2.75) is 25.3 Å². The fraction of sp³-hybridized carbons (Fsp3) is 0.357. The number of benzene rings is 1. The van der Waals surface area contributed by atoms with E-state index in [4.69, 9.17) is 0 Å². The smallest absolute Gasteiger partial charge is 0.299 e. The maximum Gasteiger partial charge on any atom is 0.299 e. The van der Waals surface area contributed by atoms with E-state index in [9.17, 15) is 9.59 Å². The van der Waals surface area contributed by atoms with Gasteiger partial charge in [-0.2, -0.15) is 4.80 Å². The number of amides is 1. The number of fused-ring (bicyclic) bond motifs is 1. The van der Waals surface area contributed by atoms with E-state index in [1.54, 1.807) is 24.0 Å². The number of aromatic nitrogens is 4. The molecule has 0 unspecified atom stereocenters. The van der Waals surface area contributed by atoms with E-state index in [-0.39, 0.29) is 0 Å². The molecule has 1 saturated carbocycles. The van der Waals surface area contributed by atoms with Crippen LogP contribution in [0.25, 0.3) is 0 Å². The van der Waals surface area contributed by atoms with Crippen molar-refractivity contribution >= 4 is 17.4 Å². The number of tetrazole rings is 1. The van der Waals surface area contributed by atoms with Crippen molar-refractivity contribution in [3.8, 4) is 0 Å². The average molecular weight is 283 g/mol. The number of carbonyl (C=O) groups is 2. The van der Waals surface area contributed by atoms with Gasteiger partial charge in [0.15, 0.2) is 5.82 Å². The van der Waals surface area contributed by atoms with Crippen LogP contribution >= 0.6 is 0 Å². The van der Waals surface area contributed by atoms with Crippen molar-refractivity contribution in [2.24, 2.45) is 0 Å². The summed E-state index contributed by atoms with van der Waals surface area (Å²) in [4.78, 5) is 26.6. The first-order valence-electron chi connectivity index (χ1n) is 6.87. The standard InChI is InChI=1S/C14H13N5O2/c1-18-11-5-2-8(6-10(11)13(20)14(18)21)7-12-15-17-19(16-12)9-3-4-9/h2,5-6,9H,3-4,7H2,1H3. The Morgan fingerprint density at radius 2 is 2.10 bits per heavy atom. The number of Topliss-reactive ketones (excluding diaryl/α,β-unsaturated/α-hetero) is 1. The third-order valence-corrected chi connectivity index (χ3v) is 3.87. The first-order valence-corrected chi connectivity index (χ1v) is 6.87. The molecule has 2 aromatic rings.